The van der Waals surface area contributed by atoms with Crippen molar-refractivity contribution in [3.63, 3.8) is 0 Å². The van der Waals surface area contributed by atoms with Gasteiger partial charge < -0.3 is 20.5 Å². The molecule has 0 aromatic carbocycles. The molecule has 1 rings (SSSR count). The fourth-order valence-corrected chi connectivity index (χ4v) is 1.62. The summed E-state index contributed by atoms with van der Waals surface area (Å²) in [6.45, 7) is 0.803. The number of hydrogen-bond donors (Lipinski definition) is 5. The number of carbonyl (C=O) groups excluding carboxylic acids is 1. The Morgan fingerprint density at radius 3 is 2.45 bits per heavy atom. The molecule has 5 N–H and O–H groups in total. The highest BCUT2D eigenvalue weighted by Crippen LogP contribution is 2.00. The first-order valence-electron chi connectivity index (χ1n) is 5.80. The average molecular weight is 285 g/mol. The van der Waals surface area contributed by atoms with E-state index in [1.165, 1.54) is 6.92 Å². The summed E-state index contributed by atoms with van der Waals surface area (Å²) in [6.07, 6.45) is -0.0959. The summed E-state index contributed by atoms with van der Waals surface area (Å²) in [7, 11) is 0. The quantitative estimate of drug-likeness (QED) is 0.402. The maximum atomic E-state index is 11.5. The average Bonchev–Trinajstić information content (AvgIpc) is 2.34. The number of hydrogen-bond acceptors (Lipinski definition) is 5. The Kier molecular flexibility index (Phi) is 5.21. The topological polar surface area (TPSA) is 152 Å². The molecule has 0 aliphatic carbocycles. The highest BCUT2D eigenvalue weighted by molar-refractivity contribution is 5.83. The van der Waals surface area contributed by atoms with Gasteiger partial charge in [-0.1, -0.05) is 0 Å². The van der Waals surface area contributed by atoms with Crippen molar-refractivity contribution in [2.75, 3.05) is 6.61 Å². The molecular weight excluding hydrogens is 270 g/mol. The van der Waals surface area contributed by atoms with Gasteiger partial charge >= 0.3 is 11.7 Å². The number of carbonyl (C=O) groups is 2. The fourth-order valence-electron chi connectivity index (χ4n) is 1.62. The first kappa shape index (κ1) is 15.6. The lowest BCUT2D eigenvalue weighted by Crippen LogP contribution is -2.43. The van der Waals surface area contributed by atoms with Gasteiger partial charge in [0, 0.05) is 17.7 Å². The third kappa shape index (κ3) is 4.05. The molecule has 0 unspecified atom stereocenters. The Hall–Kier alpha value is -2.42. The van der Waals surface area contributed by atoms with Crippen molar-refractivity contribution in [1.82, 2.24) is 15.3 Å². The summed E-state index contributed by atoms with van der Waals surface area (Å²) in [4.78, 5) is 49.1. The normalized spacial score (nSPS) is 11.9. The molecular formula is C11H15N3O6. The smallest absolute Gasteiger partial charge is 0.328 e. The molecule has 20 heavy (non-hydrogen) atoms. The Morgan fingerprint density at radius 1 is 1.30 bits per heavy atom. The van der Waals surface area contributed by atoms with Gasteiger partial charge in [-0.2, -0.15) is 0 Å². The van der Waals surface area contributed by atoms with E-state index in [1.54, 1.807) is 0 Å². The Labute approximate surface area is 112 Å². The summed E-state index contributed by atoms with van der Waals surface area (Å²) in [5.41, 5.74) is -0.623. The van der Waals surface area contributed by atoms with Crippen LogP contribution >= 0.6 is 0 Å². The van der Waals surface area contributed by atoms with E-state index in [0.717, 1.165) is 0 Å². The summed E-state index contributed by atoms with van der Waals surface area (Å²) >= 11 is 0. The van der Waals surface area contributed by atoms with Crippen molar-refractivity contribution in [2.45, 2.75) is 25.8 Å². The molecule has 1 aromatic heterocycles. The maximum absolute atomic E-state index is 11.5. The van der Waals surface area contributed by atoms with Gasteiger partial charge in [0.1, 0.15) is 6.04 Å². The zero-order valence-corrected chi connectivity index (χ0v) is 10.7. The maximum Gasteiger partial charge on any atom is 0.328 e. The van der Waals surface area contributed by atoms with Crippen LogP contribution in [-0.4, -0.2) is 44.7 Å². The van der Waals surface area contributed by atoms with Crippen LogP contribution in [0.4, 0.5) is 0 Å². The largest absolute Gasteiger partial charge is 0.480 e. The third-order valence-corrected chi connectivity index (χ3v) is 2.67. The van der Waals surface area contributed by atoms with Gasteiger partial charge in [-0.3, -0.25) is 14.6 Å². The number of H-pyrrole nitrogens is 2. The molecule has 0 aliphatic rings. The van der Waals surface area contributed by atoms with Crippen LogP contribution in [0.2, 0.25) is 0 Å². The van der Waals surface area contributed by atoms with Crippen LogP contribution < -0.4 is 16.6 Å². The number of aryl methyl sites for hydroxylation is 1. The SMILES string of the molecule is Cc1[nH]c(=O)[nH]c(=O)c1CCC(=O)N[C@H](CO)C(=O)O. The van der Waals surface area contributed by atoms with Crippen LogP contribution in [0.3, 0.4) is 0 Å². The van der Waals surface area contributed by atoms with E-state index in [4.69, 9.17) is 10.2 Å². The van der Waals surface area contributed by atoms with Crippen molar-refractivity contribution in [2.24, 2.45) is 0 Å². The van der Waals surface area contributed by atoms with Crippen LogP contribution in [0.15, 0.2) is 9.59 Å². The van der Waals surface area contributed by atoms with Crippen molar-refractivity contribution < 1.29 is 19.8 Å². The summed E-state index contributed by atoms with van der Waals surface area (Å²) in [6, 6.07) is -1.38. The molecule has 1 aromatic rings. The second kappa shape index (κ2) is 6.66. The number of aromatic nitrogens is 2. The molecule has 0 aliphatic heterocycles. The third-order valence-electron chi connectivity index (χ3n) is 2.67. The number of carboxylic acid groups (broad SMARTS) is 1. The van der Waals surface area contributed by atoms with E-state index in [1.807, 2.05) is 4.98 Å². The Bertz CT molecular complexity index is 617. The first-order chi connectivity index (χ1) is 9.35. The number of aromatic amines is 2. The number of aliphatic hydroxyl groups is 1. The van der Waals surface area contributed by atoms with Gasteiger partial charge in [-0.15, -0.1) is 0 Å². The summed E-state index contributed by atoms with van der Waals surface area (Å²) < 4.78 is 0. The van der Waals surface area contributed by atoms with Crippen LogP contribution in [-0.2, 0) is 16.0 Å². The van der Waals surface area contributed by atoms with E-state index in [2.05, 4.69) is 10.3 Å². The second-order valence-electron chi connectivity index (χ2n) is 4.15. The molecule has 1 amide bonds. The van der Waals surface area contributed by atoms with Crippen LogP contribution in [0, 0.1) is 6.92 Å². The molecule has 0 spiro atoms. The molecule has 1 atom stereocenters. The van der Waals surface area contributed by atoms with Crippen molar-refractivity contribution in [3.05, 3.63) is 32.1 Å². The second-order valence-corrected chi connectivity index (χ2v) is 4.15. The number of rotatable bonds is 6. The van der Waals surface area contributed by atoms with E-state index in [9.17, 15) is 19.2 Å². The van der Waals surface area contributed by atoms with E-state index in [0.29, 0.717) is 5.69 Å². The van der Waals surface area contributed by atoms with E-state index in [-0.39, 0.29) is 18.4 Å². The first-order valence-corrected chi connectivity index (χ1v) is 5.80. The molecule has 9 heteroatoms. The molecule has 0 bridgehead atoms. The Balaban J connectivity index is 2.69. The van der Waals surface area contributed by atoms with Crippen LogP contribution in [0.5, 0.6) is 0 Å². The summed E-state index contributed by atoms with van der Waals surface area (Å²) in [5, 5.41) is 19.5. The lowest BCUT2D eigenvalue weighted by atomic mass is 10.1. The zero-order chi connectivity index (χ0) is 15.3. The van der Waals surface area contributed by atoms with E-state index >= 15 is 0 Å². The predicted molar refractivity (Wildman–Crippen MR) is 67.4 cm³/mol. The number of nitrogens with one attached hydrogen (secondary N) is 3. The Morgan fingerprint density at radius 2 is 1.95 bits per heavy atom. The molecule has 1 heterocycles. The number of aliphatic hydroxyl groups excluding tert-OH is 1. The molecule has 0 saturated heterocycles. The highest BCUT2D eigenvalue weighted by Gasteiger charge is 2.18. The van der Waals surface area contributed by atoms with Crippen LogP contribution in [0.25, 0.3) is 0 Å². The van der Waals surface area contributed by atoms with Gasteiger partial charge in [0.05, 0.1) is 6.61 Å². The van der Waals surface area contributed by atoms with Gasteiger partial charge in [0.15, 0.2) is 0 Å². The van der Waals surface area contributed by atoms with E-state index < -0.39 is 35.8 Å². The minimum atomic E-state index is -1.38. The minimum absolute atomic E-state index is 0.0432. The monoisotopic (exact) mass is 285 g/mol. The molecule has 0 saturated carbocycles. The predicted octanol–water partition coefficient (Wildman–Crippen LogP) is -2.13. The fraction of sp³-hybridized carbons (Fsp3) is 0.455. The zero-order valence-electron chi connectivity index (χ0n) is 10.7. The van der Waals surface area contributed by atoms with Gasteiger partial charge in [-0.05, 0) is 13.3 Å². The lowest BCUT2D eigenvalue weighted by molar-refractivity contribution is -0.142. The van der Waals surface area contributed by atoms with Gasteiger partial charge in [0.2, 0.25) is 5.91 Å². The van der Waals surface area contributed by atoms with Crippen molar-refractivity contribution in [1.29, 1.82) is 0 Å². The standard InChI is InChI=1S/C11H15N3O6/c1-5-6(9(17)14-11(20)12-5)2-3-8(16)13-7(4-15)10(18)19/h7,15H,2-4H2,1H3,(H,13,16)(H,18,19)(H2,12,14,17,20)/t7-/m1/s1. The number of amides is 1. The minimum Gasteiger partial charge on any atom is -0.480 e. The van der Waals surface area contributed by atoms with Crippen LogP contribution in [0.1, 0.15) is 17.7 Å². The summed E-state index contributed by atoms with van der Waals surface area (Å²) in [5.74, 6) is -1.96. The molecule has 0 fully saturated rings. The molecule has 9 nitrogen and oxygen atoms in total. The highest BCUT2D eigenvalue weighted by atomic mass is 16.4. The molecule has 0 radical (unpaired) electrons. The molecule has 110 valence electrons. The van der Waals surface area contributed by atoms with Crippen molar-refractivity contribution in [3.8, 4) is 0 Å². The van der Waals surface area contributed by atoms with Gasteiger partial charge in [-0.25, -0.2) is 9.59 Å². The number of carboxylic acids is 1. The van der Waals surface area contributed by atoms with Crippen molar-refractivity contribution >= 4 is 11.9 Å². The van der Waals surface area contributed by atoms with Gasteiger partial charge in [0.25, 0.3) is 5.56 Å². The lowest BCUT2D eigenvalue weighted by Gasteiger charge is -2.11. The number of aliphatic carboxylic acids is 1.